The summed E-state index contributed by atoms with van der Waals surface area (Å²) in [5.41, 5.74) is 1.19. The Morgan fingerprint density at radius 2 is 2.35 bits per heavy atom. The first kappa shape index (κ1) is 13.0. The number of hydrogen-bond acceptors (Lipinski definition) is 3. The van der Waals surface area contributed by atoms with Gasteiger partial charge in [-0.05, 0) is 67.1 Å². The van der Waals surface area contributed by atoms with Crippen LogP contribution in [0.5, 0.6) is 0 Å². The highest BCUT2D eigenvalue weighted by atomic mass is 79.9. The van der Waals surface area contributed by atoms with E-state index < -0.39 is 0 Å². The molecule has 0 saturated carbocycles. The quantitative estimate of drug-likeness (QED) is 0.925. The minimum atomic E-state index is 0.460. The molecule has 0 amide bonds. The summed E-state index contributed by atoms with van der Waals surface area (Å²) in [6.45, 7) is 5.45. The molecule has 1 aromatic heterocycles. The lowest BCUT2D eigenvalue weighted by atomic mass is 9.97. The van der Waals surface area contributed by atoms with E-state index in [4.69, 9.17) is 0 Å². The summed E-state index contributed by atoms with van der Waals surface area (Å²) >= 11 is 3.44. The van der Waals surface area contributed by atoms with E-state index >= 15 is 0 Å². The number of halogens is 1. The van der Waals surface area contributed by atoms with E-state index in [9.17, 15) is 0 Å². The van der Waals surface area contributed by atoms with E-state index in [1.807, 2.05) is 6.20 Å². The second-order valence-corrected chi connectivity index (χ2v) is 5.60. The maximum Gasteiger partial charge on any atom is 0.0579 e. The first-order chi connectivity index (χ1) is 8.22. The van der Waals surface area contributed by atoms with Gasteiger partial charge in [-0.2, -0.15) is 0 Å². The summed E-state index contributed by atoms with van der Waals surface area (Å²) in [6, 6.07) is 4.68. The Hall–Kier alpha value is -0.450. The third-order valence-electron chi connectivity index (χ3n) is 3.48. The van der Waals surface area contributed by atoms with Crippen LogP contribution in [0.3, 0.4) is 0 Å². The Morgan fingerprint density at radius 1 is 1.53 bits per heavy atom. The van der Waals surface area contributed by atoms with E-state index in [0.29, 0.717) is 12.0 Å². The van der Waals surface area contributed by atoms with Crippen molar-refractivity contribution in [1.82, 2.24) is 15.2 Å². The minimum Gasteiger partial charge on any atom is -0.317 e. The zero-order valence-corrected chi connectivity index (χ0v) is 12.1. The molecule has 1 aromatic rings. The van der Waals surface area contributed by atoms with Gasteiger partial charge in [0.05, 0.1) is 11.7 Å². The molecule has 1 N–H and O–H groups in total. The standard InChI is InChI=1S/C13H20BrN3/c1-3-15-8-10-6-7-17(2)13(10)12-5-4-11(14)9-16-12/h4-5,9-10,13,15H,3,6-8H2,1-2H3. The number of likely N-dealkylation sites (tertiary alicyclic amines) is 1. The molecule has 2 heterocycles. The molecular formula is C13H20BrN3. The van der Waals surface area contributed by atoms with Crippen molar-refractivity contribution in [3.8, 4) is 0 Å². The second-order valence-electron chi connectivity index (χ2n) is 4.68. The topological polar surface area (TPSA) is 28.2 Å². The van der Waals surface area contributed by atoms with Crippen LogP contribution >= 0.6 is 15.9 Å². The van der Waals surface area contributed by atoms with Crippen LogP contribution in [0.1, 0.15) is 25.1 Å². The first-order valence-corrected chi connectivity index (χ1v) is 7.04. The fourth-order valence-corrected chi connectivity index (χ4v) is 2.83. The minimum absolute atomic E-state index is 0.460. The molecule has 0 aromatic carbocycles. The lowest BCUT2D eigenvalue weighted by Crippen LogP contribution is -2.28. The zero-order valence-electron chi connectivity index (χ0n) is 10.5. The molecule has 0 aliphatic carbocycles. The Morgan fingerprint density at radius 3 is 3.00 bits per heavy atom. The molecule has 0 bridgehead atoms. The third kappa shape index (κ3) is 3.06. The molecular weight excluding hydrogens is 278 g/mol. The van der Waals surface area contributed by atoms with Crippen molar-refractivity contribution in [2.24, 2.45) is 5.92 Å². The molecule has 0 radical (unpaired) electrons. The second kappa shape index (κ2) is 5.94. The molecule has 4 heteroatoms. The van der Waals surface area contributed by atoms with Crippen LogP contribution in [0.4, 0.5) is 0 Å². The first-order valence-electron chi connectivity index (χ1n) is 6.24. The summed E-state index contributed by atoms with van der Waals surface area (Å²) < 4.78 is 1.05. The summed E-state index contributed by atoms with van der Waals surface area (Å²) in [7, 11) is 2.19. The van der Waals surface area contributed by atoms with E-state index in [1.54, 1.807) is 0 Å². The molecule has 0 spiro atoms. The van der Waals surface area contributed by atoms with Gasteiger partial charge in [0.2, 0.25) is 0 Å². The van der Waals surface area contributed by atoms with Crippen molar-refractivity contribution in [3.05, 3.63) is 28.5 Å². The van der Waals surface area contributed by atoms with Crippen molar-refractivity contribution in [2.45, 2.75) is 19.4 Å². The smallest absolute Gasteiger partial charge is 0.0579 e. The van der Waals surface area contributed by atoms with Crippen LogP contribution in [0, 0.1) is 5.92 Å². The van der Waals surface area contributed by atoms with Gasteiger partial charge in [-0.1, -0.05) is 6.92 Å². The van der Waals surface area contributed by atoms with Crippen molar-refractivity contribution in [2.75, 3.05) is 26.7 Å². The number of nitrogens with zero attached hydrogens (tertiary/aromatic N) is 2. The largest absolute Gasteiger partial charge is 0.317 e. The van der Waals surface area contributed by atoms with Crippen LogP contribution in [-0.2, 0) is 0 Å². The molecule has 94 valence electrons. The Labute approximate surface area is 112 Å². The SMILES string of the molecule is CCNCC1CCN(C)C1c1ccc(Br)cn1. The number of rotatable bonds is 4. The van der Waals surface area contributed by atoms with Gasteiger partial charge in [0.1, 0.15) is 0 Å². The molecule has 1 saturated heterocycles. The highest BCUT2D eigenvalue weighted by molar-refractivity contribution is 9.10. The summed E-state index contributed by atoms with van der Waals surface area (Å²) in [6.07, 6.45) is 3.15. The lowest BCUT2D eigenvalue weighted by molar-refractivity contribution is 0.267. The number of pyridine rings is 1. The molecule has 1 aliphatic rings. The highest BCUT2D eigenvalue weighted by Gasteiger charge is 2.33. The van der Waals surface area contributed by atoms with Crippen molar-refractivity contribution in [3.63, 3.8) is 0 Å². The number of hydrogen-bond donors (Lipinski definition) is 1. The molecule has 17 heavy (non-hydrogen) atoms. The van der Waals surface area contributed by atoms with Gasteiger partial charge in [0, 0.05) is 10.7 Å². The predicted molar refractivity (Wildman–Crippen MR) is 74.0 cm³/mol. The van der Waals surface area contributed by atoms with Gasteiger partial charge in [0.25, 0.3) is 0 Å². The molecule has 2 unspecified atom stereocenters. The fourth-order valence-electron chi connectivity index (χ4n) is 2.60. The normalized spacial score (nSPS) is 25.4. The molecule has 1 fully saturated rings. The molecule has 2 atom stereocenters. The highest BCUT2D eigenvalue weighted by Crippen LogP contribution is 2.34. The average Bonchev–Trinajstić information content (AvgIpc) is 2.69. The predicted octanol–water partition coefficient (Wildman–Crippen LogP) is 2.45. The van der Waals surface area contributed by atoms with E-state index in [-0.39, 0.29) is 0 Å². The Balaban J connectivity index is 2.12. The fraction of sp³-hybridized carbons (Fsp3) is 0.615. The molecule has 3 nitrogen and oxygen atoms in total. The third-order valence-corrected chi connectivity index (χ3v) is 3.95. The van der Waals surface area contributed by atoms with Gasteiger partial charge < -0.3 is 5.32 Å². The molecule has 1 aliphatic heterocycles. The van der Waals surface area contributed by atoms with Crippen LogP contribution < -0.4 is 5.32 Å². The lowest BCUT2D eigenvalue weighted by Gasteiger charge is -2.24. The zero-order chi connectivity index (χ0) is 12.3. The summed E-state index contributed by atoms with van der Waals surface area (Å²) in [5.74, 6) is 0.675. The molecule has 2 rings (SSSR count). The Bertz CT molecular complexity index is 352. The summed E-state index contributed by atoms with van der Waals surface area (Å²) in [4.78, 5) is 6.97. The Kier molecular flexibility index (Phi) is 4.54. The van der Waals surface area contributed by atoms with Gasteiger partial charge in [-0.15, -0.1) is 0 Å². The van der Waals surface area contributed by atoms with Crippen molar-refractivity contribution >= 4 is 15.9 Å². The van der Waals surface area contributed by atoms with E-state index in [1.165, 1.54) is 18.7 Å². The van der Waals surface area contributed by atoms with Crippen LogP contribution in [0.25, 0.3) is 0 Å². The monoisotopic (exact) mass is 297 g/mol. The number of aromatic nitrogens is 1. The van der Waals surface area contributed by atoms with Gasteiger partial charge in [0.15, 0.2) is 0 Å². The van der Waals surface area contributed by atoms with Crippen LogP contribution in [0.15, 0.2) is 22.8 Å². The van der Waals surface area contributed by atoms with Crippen molar-refractivity contribution in [1.29, 1.82) is 0 Å². The number of nitrogens with one attached hydrogen (secondary N) is 1. The van der Waals surface area contributed by atoms with Crippen molar-refractivity contribution < 1.29 is 0 Å². The summed E-state index contributed by atoms with van der Waals surface area (Å²) in [5, 5.41) is 3.46. The maximum atomic E-state index is 4.55. The van der Waals surface area contributed by atoms with Gasteiger partial charge >= 0.3 is 0 Å². The van der Waals surface area contributed by atoms with Crippen LogP contribution in [-0.4, -0.2) is 36.6 Å². The van der Waals surface area contributed by atoms with Gasteiger partial charge in [-0.25, -0.2) is 0 Å². The maximum absolute atomic E-state index is 4.55. The van der Waals surface area contributed by atoms with E-state index in [2.05, 4.69) is 57.2 Å². The average molecular weight is 298 g/mol. The van der Waals surface area contributed by atoms with E-state index in [0.717, 1.165) is 17.6 Å². The van der Waals surface area contributed by atoms with Gasteiger partial charge in [-0.3, -0.25) is 9.88 Å². The van der Waals surface area contributed by atoms with Crippen LogP contribution in [0.2, 0.25) is 0 Å².